The molecule has 3 aromatic rings. The molecule has 2 aromatic carbocycles. The minimum absolute atomic E-state index is 0.111. The maximum atomic E-state index is 13.1. The lowest BCUT2D eigenvalue weighted by Gasteiger charge is -2.18. The van der Waals surface area contributed by atoms with Crippen LogP contribution < -0.4 is 11.1 Å². The molecule has 0 saturated heterocycles. The van der Waals surface area contributed by atoms with E-state index in [2.05, 4.69) is 10.3 Å². The summed E-state index contributed by atoms with van der Waals surface area (Å²) in [4.78, 5) is 28.5. The molecule has 6 nitrogen and oxygen atoms in total. The highest BCUT2D eigenvalue weighted by Gasteiger charge is 2.38. The molecular weight excluding hydrogens is 618 g/mol. The first-order valence-electron chi connectivity index (χ1n) is 11.3. The molecule has 1 unspecified atom stereocenters. The number of aromatic nitrogens is 1. The van der Waals surface area contributed by atoms with Gasteiger partial charge in [-0.25, -0.2) is 9.78 Å². The third-order valence-corrected chi connectivity index (χ3v) is 5.50. The van der Waals surface area contributed by atoms with Crippen molar-refractivity contribution in [1.82, 2.24) is 10.3 Å². The number of esters is 1. The topological polar surface area (TPSA) is 94.3 Å². The van der Waals surface area contributed by atoms with Crippen molar-refractivity contribution in [3.63, 3.8) is 0 Å². The zero-order valence-electron chi connectivity index (χ0n) is 20.8. The lowest BCUT2D eigenvalue weighted by Crippen LogP contribution is -2.25. The zero-order chi connectivity index (χ0) is 32.5. The molecule has 0 fully saturated rings. The van der Waals surface area contributed by atoms with Crippen molar-refractivity contribution >= 4 is 11.9 Å². The third kappa shape index (κ3) is 8.59. The summed E-state index contributed by atoms with van der Waals surface area (Å²) in [6.45, 7) is -0.824. The van der Waals surface area contributed by atoms with Gasteiger partial charge >= 0.3 is 30.7 Å². The Morgan fingerprint density at radius 2 is 1.16 bits per heavy atom. The van der Waals surface area contributed by atoms with Crippen LogP contribution >= 0.6 is 0 Å². The van der Waals surface area contributed by atoms with Gasteiger partial charge < -0.3 is 10.1 Å². The second-order valence-corrected chi connectivity index (χ2v) is 8.69. The molecule has 3 N–H and O–H groups in total. The summed E-state index contributed by atoms with van der Waals surface area (Å²) in [5, 5.41) is 2.05. The predicted molar refractivity (Wildman–Crippen MR) is 121 cm³/mol. The summed E-state index contributed by atoms with van der Waals surface area (Å²) in [5.41, 5.74) is -3.80. The largest absolute Gasteiger partial charge is 0.438 e. The number of amides is 1. The fourth-order valence-corrected chi connectivity index (χ4v) is 3.48. The highest BCUT2D eigenvalue weighted by atomic mass is 19.4. The van der Waals surface area contributed by atoms with Gasteiger partial charge in [-0.05, 0) is 54.1 Å². The smallest absolute Gasteiger partial charge is 0.416 e. The van der Waals surface area contributed by atoms with E-state index in [1.165, 1.54) is 0 Å². The molecule has 1 aromatic heterocycles. The van der Waals surface area contributed by atoms with Crippen molar-refractivity contribution in [2.75, 3.05) is 0 Å². The first kappa shape index (κ1) is 33.2. The van der Waals surface area contributed by atoms with Crippen molar-refractivity contribution in [3.8, 4) is 0 Å². The molecule has 43 heavy (non-hydrogen) atoms. The molecule has 1 amide bonds. The Hall–Kier alpha value is -4.35. The van der Waals surface area contributed by atoms with Crippen LogP contribution in [0.1, 0.15) is 60.5 Å². The molecule has 3 rings (SSSR count). The molecule has 0 saturated carbocycles. The van der Waals surface area contributed by atoms with Crippen molar-refractivity contribution < 1.29 is 67.0 Å². The number of alkyl halides is 12. The number of ether oxygens (including phenoxy) is 1. The Kier molecular flexibility index (Phi) is 9.05. The van der Waals surface area contributed by atoms with Crippen LogP contribution in [0, 0.1) is 0 Å². The van der Waals surface area contributed by atoms with E-state index in [4.69, 9.17) is 10.5 Å². The highest BCUT2D eigenvalue weighted by molar-refractivity contribution is 5.97. The number of halogens is 12. The molecule has 0 radical (unpaired) electrons. The molecule has 232 valence electrons. The van der Waals surface area contributed by atoms with Gasteiger partial charge in [0.15, 0.2) is 6.23 Å². The minimum Gasteiger partial charge on any atom is -0.438 e. The van der Waals surface area contributed by atoms with Gasteiger partial charge in [-0.1, -0.05) is 0 Å². The van der Waals surface area contributed by atoms with Crippen LogP contribution in [0.25, 0.3) is 0 Å². The quantitative estimate of drug-likeness (QED) is 0.175. The Bertz CT molecular complexity index is 1450. The van der Waals surface area contributed by atoms with Gasteiger partial charge in [0.25, 0.3) is 5.91 Å². The maximum Gasteiger partial charge on any atom is 0.416 e. The number of carbonyl (C=O) groups excluding carboxylic acids is 2. The van der Waals surface area contributed by atoms with Crippen LogP contribution in [0.3, 0.4) is 0 Å². The zero-order valence-corrected chi connectivity index (χ0v) is 20.8. The van der Waals surface area contributed by atoms with Crippen LogP contribution in [0.15, 0.2) is 54.7 Å². The number of nitrogens with one attached hydrogen (secondary N) is 1. The van der Waals surface area contributed by atoms with Crippen LogP contribution in [-0.2, 0) is 36.0 Å². The number of hydrogen-bond acceptors (Lipinski definition) is 5. The number of nitrogens with two attached hydrogens (primary N) is 1. The Morgan fingerprint density at radius 3 is 1.60 bits per heavy atom. The average molecular weight is 633 g/mol. The summed E-state index contributed by atoms with van der Waals surface area (Å²) < 4.78 is 162. The first-order chi connectivity index (χ1) is 19.6. The molecule has 1 heterocycles. The van der Waals surface area contributed by atoms with E-state index in [0.717, 1.165) is 18.3 Å². The Balaban J connectivity index is 1.78. The lowest BCUT2D eigenvalue weighted by molar-refractivity contribution is -0.144. The maximum absolute atomic E-state index is 13.1. The molecule has 0 spiro atoms. The number of carbonyl (C=O) groups is 2. The monoisotopic (exact) mass is 633 g/mol. The van der Waals surface area contributed by atoms with E-state index in [1.54, 1.807) is 0 Å². The van der Waals surface area contributed by atoms with Gasteiger partial charge in [0, 0.05) is 23.9 Å². The Labute approximate surface area is 232 Å². The summed E-state index contributed by atoms with van der Waals surface area (Å²) >= 11 is 0. The number of hydrogen-bond donors (Lipinski definition) is 2. The first-order valence-corrected chi connectivity index (χ1v) is 11.3. The van der Waals surface area contributed by atoms with E-state index in [-0.39, 0.29) is 24.3 Å². The standard InChI is InChI=1S/C25H15F12N3O3/c26-22(27,28)14-3-11(4-15(8-14)23(29,30)31)10-40-20(41)12-1-2-39-18(7-12)21(42)43-19(38)13-5-16(24(32,33)34)9-17(6-13)25(35,36)37/h1-9,19H,10,38H2,(H,40,41). The number of rotatable bonds is 6. The van der Waals surface area contributed by atoms with Crippen molar-refractivity contribution in [2.45, 2.75) is 37.5 Å². The number of nitrogens with zero attached hydrogens (tertiary/aromatic N) is 1. The van der Waals surface area contributed by atoms with Gasteiger partial charge in [0.1, 0.15) is 5.69 Å². The van der Waals surface area contributed by atoms with Crippen molar-refractivity contribution in [2.24, 2.45) is 5.73 Å². The SMILES string of the molecule is NC(OC(=O)c1cc(C(=O)NCc2cc(C(F)(F)F)cc(C(F)(F)F)c2)ccn1)c1cc(C(F)(F)F)cc(C(F)(F)F)c1. The summed E-state index contributed by atoms with van der Waals surface area (Å²) in [6.07, 6.45) is -22.0. The number of pyridine rings is 1. The fraction of sp³-hybridized carbons (Fsp3) is 0.240. The molecule has 1 atom stereocenters. The van der Waals surface area contributed by atoms with E-state index >= 15 is 0 Å². The summed E-state index contributed by atoms with van der Waals surface area (Å²) in [7, 11) is 0. The summed E-state index contributed by atoms with van der Waals surface area (Å²) in [6, 6.07) is 2.62. The minimum atomic E-state index is -5.22. The normalized spacial score (nSPS) is 13.4. The second kappa shape index (κ2) is 11.7. The van der Waals surface area contributed by atoms with Gasteiger partial charge in [-0.2, -0.15) is 52.7 Å². The second-order valence-electron chi connectivity index (χ2n) is 8.69. The molecule has 0 aliphatic carbocycles. The van der Waals surface area contributed by atoms with Gasteiger partial charge in [0.05, 0.1) is 22.3 Å². The van der Waals surface area contributed by atoms with Gasteiger partial charge in [-0.3, -0.25) is 10.5 Å². The molecular formula is C25H15F12N3O3. The highest BCUT2D eigenvalue weighted by Crippen LogP contribution is 2.38. The van der Waals surface area contributed by atoms with E-state index in [9.17, 15) is 62.3 Å². The van der Waals surface area contributed by atoms with Gasteiger partial charge in [0.2, 0.25) is 0 Å². The van der Waals surface area contributed by atoms with Gasteiger partial charge in [-0.15, -0.1) is 0 Å². The third-order valence-electron chi connectivity index (χ3n) is 5.50. The molecule has 0 aliphatic rings. The van der Waals surface area contributed by atoms with Crippen LogP contribution in [0.2, 0.25) is 0 Å². The lowest BCUT2D eigenvalue weighted by atomic mass is 10.0. The van der Waals surface area contributed by atoms with Crippen LogP contribution in [0.5, 0.6) is 0 Å². The average Bonchev–Trinajstić information content (AvgIpc) is 2.89. The predicted octanol–water partition coefficient (Wildman–Crippen LogP) is 6.90. The van der Waals surface area contributed by atoms with Crippen LogP contribution in [0.4, 0.5) is 52.7 Å². The molecule has 18 heteroatoms. The van der Waals surface area contributed by atoms with E-state index in [0.29, 0.717) is 12.1 Å². The van der Waals surface area contributed by atoms with E-state index < -0.39 is 94.0 Å². The number of benzene rings is 2. The van der Waals surface area contributed by atoms with Crippen molar-refractivity contribution in [3.05, 3.63) is 99.4 Å². The Morgan fingerprint density at radius 1 is 0.721 bits per heavy atom. The summed E-state index contributed by atoms with van der Waals surface area (Å²) in [5.74, 6) is -2.61. The van der Waals surface area contributed by atoms with E-state index in [1.807, 2.05) is 0 Å². The van der Waals surface area contributed by atoms with Crippen molar-refractivity contribution in [1.29, 1.82) is 0 Å². The van der Waals surface area contributed by atoms with Crippen LogP contribution in [-0.4, -0.2) is 16.9 Å². The fourth-order valence-electron chi connectivity index (χ4n) is 3.48. The molecule has 0 aliphatic heterocycles. The molecule has 0 bridgehead atoms.